The lowest BCUT2D eigenvalue weighted by Crippen LogP contribution is -2.17. The second-order valence-electron chi connectivity index (χ2n) is 19.4. The average molecular weight is 809 g/mol. The maximum Gasteiger partial charge on any atom is 0.131 e. The minimum absolute atomic E-state index is 0.140. The Balaban J connectivity index is 0.000000228. The summed E-state index contributed by atoms with van der Waals surface area (Å²) in [5.41, 5.74) is 29.8. The van der Waals surface area contributed by atoms with E-state index in [2.05, 4.69) is 107 Å². The molecule has 8 nitrogen and oxygen atoms in total. The van der Waals surface area contributed by atoms with E-state index in [9.17, 15) is 0 Å². The van der Waals surface area contributed by atoms with Gasteiger partial charge in [-0.05, 0) is 143 Å². The first-order chi connectivity index (χ1) is 27.9. The molecule has 8 N–H and O–H groups in total. The molecule has 0 saturated heterocycles. The predicted octanol–water partition coefficient (Wildman–Crippen LogP) is 14.1. The number of nitrogen functional groups attached to an aromatic ring is 4. The van der Waals surface area contributed by atoms with Gasteiger partial charge in [-0.3, -0.25) is 0 Å². The van der Waals surface area contributed by atoms with Gasteiger partial charge in [0.2, 0.25) is 0 Å². The van der Waals surface area contributed by atoms with Gasteiger partial charge >= 0.3 is 0 Å². The molecule has 0 atom stereocenters. The van der Waals surface area contributed by atoms with Gasteiger partial charge in [-0.2, -0.15) is 0 Å². The topological polar surface area (TPSA) is 141 Å². The minimum Gasteiger partial charge on any atom is -0.457 e. The summed E-state index contributed by atoms with van der Waals surface area (Å²) in [6, 6.07) is 38.2. The smallest absolute Gasteiger partial charge is 0.131 e. The van der Waals surface area contributed by atoms with Gasteiger partial charge < -0.3 is 41.9 Å². The van der Waals surface area contributed by atoms with Crippen molar-refractivity contribution >= 4 is 22.7 Å². The van der Waals surface area contributed by atoms with Crippen LogP contribution in [0, 0.1) is 0 Å². The van der Waals surface area contributed by atoms with E-state index in [4.69, 9.17) is 41.9 Å². The third kappa shape index (κ3) is 11.9. The van der Waals surface area contributed by atoms with E-state index in [0.717, 1.165) is 68.2 Å². The Morgan fingerprint density at radius 1 is 0.267 bits per heavy atom. The summed E-state index contributed by atoms with van der Waals surface area (Å²) in [6.45, 7) is 26.0. The monoisotopic (exact) mass is 808 g/mol. The van der Waals surface area contributed by atoms with Crippen molar-refractivity contribution in [1.29, 1.82) is 0 Å². The largest absolute Gasteiger partial charge is 0.457 e. The van der Waals surface area contributed by atoms with E-state index in [1.54, 1.807) is 0 Å². The van der Waals surface area contributed by atoms with Crippen LogP contribution in [0.4, 0.5) is 22.7 Å². The first-order valence-electron chi connectivity index (χ1n) is 20.4. The van der Waals surface area contributed by atoms with E-state index in [0.29, 0.717) is 22.7 Å². The van der Waals surface area contributed by atoms with Crippen LogP contribution in [0.3, 0.4) is 0 Å². The molecule has 0 aliphatic carbocycles. The van der Waals surface area contributed by atoms with Crippen LogP contribution in [0.1, 0.15) is 105 Å². The number of hydrogen-bond donors (Lipinski definition) is 4. The van der Waals surface area contributed by atoms with Crippen molar-refractivity contribution in [3.05, 3.63) is 144 Å². The van der Waals surface area contributed by atoms with Crippen molar-refractivity contribution in [1.82, 2.24) is 0 Å². The van der Waals surface area contributed by atoms with Crippen molar-refractivity contribution in [3.8, 4) is 46.0 Å². The fraction of sp³-hybridized carbons (Fsp3) is 0.308. The van der Waals surface area contributed by atoms with Crippen molar-refractivity contribution in [2.75, 3.05) is 22.9 Å². The van der Waals surface area contributed by atoms with E-state index in [1.807, 2.05) is 97.1 Å². The molecular formula is C52H64N4O4. The summed E-state index contributed by atoms with van der Waals surface area (Å²) < 4.78 is 25.3. The number of benzene rings is 6. The lowest BCUT2D eigenvalue weighted by molar-refractivity contribution is 0.429. The molecule has 0 aliphatic heterocycles. The van der Waals surface area contributed by atoms with Gasteiger partial charge in [0.15, 0.2) is 0 Å². The first kappa shape index (κ1) is 44.8. The molecule has 0 bridgehead atoms. The van der Waals surface area contributed by atoms with Crippen molar-refractivity contribution in [3.63, 3.8) is 0 Å². The van der Waals surface area contributed by atoms with Gasteiger partial charge in [0.1, 0.15) is 46.0 Å². The zero-order valence-corrected chi connectivity index (χ0v) is 37.5. The summed E-state index contributed by atoms with van der Waals surface area (Å²) in [7, 11) is 0. The molecule has 8 heteroatoms. The second-order valence-corrected chi connectivity index (χ2v) is 19.4. The van der Waals surface area contributed by atoms with E-state index in [1.165, 1.54) is 0 Å². The SMILES string of the molecule is CC(C)(C)c1cc(Oc2ccc(N)cc2)c(C(C)(C)C)cc1Oc1ccc(N)cc1.CC(C)(C)c1cc(Oc2ccc(N)cc2)c(C(C)(C)C)cc1Oc1ccc(N)cc1. The number of hydrogen-bond acceptors (Lipinski definition) is 8. The molecule has 316 valence electrons. The number of anilines is 4. The first-order valence-corrected chi connectivity index (χ1v) is 20.4. The third-order valence-corrected chi connectivity index (χ3v) is 9.83. The molecule has 0 aliphatic rings. The Morgan fingerprint density at radius 2 is 0.417 bits per heavy atom. The maximum atomic E-state index is 6.32. The number of ether oxygens (including phenoxy) is 4. The zero-order valence-electron chi connectivity index (χ0n) is 37.5. The Kier molecular flexibility index (Phi) is 13.1. The molecule has 6 aromatic rings. The lowest BCUT2D eigenvalue weighted by atomic mass is 9.81. The fourth-order valence-electron chi connectivity index (χ4n) is 6.45. The van der Waals surface area contributed by atoms with Crippen molar-refractivity contribution in [2.45, 2.75) is 105 Å². The standard InChI is InChI=1S/2C26H32N2O2/c2*1-25(2,3)21-15-24(30-20-13-9-18(28)10-14-20)22(26(4,5)6)16-23(21)29-19-11-7-17(27)8-12-19/h2*7-16H,27-28H2,1-6H3. The normalized spacial score (nSPS) is 11.9. The molecule has 0 fully saturated rings. The maximum absolute atomic E-state index is 6.32. The highest BCUT2D eigenvalue weighted by Gasteiger charge is 2.29. The molecule has 6 rings (SSSR count). The molecule has 0 aromatic heterocycles. The number of nitrogens with two attached hydrogens (primary N) is 4. The Hall–Kier alpha value is -6.28. The van der Waals surface area contributed by atoms with E-state index >= 15 is 0 Å². The molecule has 0 unspecified atom stereocenters. The van der Waals surface area contributed by atoms with Crippen LogP contribution >= 0.6 is 0 Å². The van der Waals surface area contributed by atoms with Gasteiger partial charge in [-0.1, -0.05) is 83.1 Å². The molecule has 60 heavy (non-hydrogen) atoms. The van der Waals surface area contributed by atoms with Crippen LogP contribution in [0.25, 0.3) is 0 Å². The molecule has 0 radical (unpaired) electrons. The van der Waals surface area contributed by atoms with Gasteiger partial charge in [-0.25, -0.2) is 0 Å². The highest BCUT2D eigenvalue weighted by molar-refractivity contribution is 5.57. The quantitative estimate of drug-likeness (QED) is 0.111. The lowest BCUT2D eigenvalue weighted by Gasteiger charge is -2.29. The molecule has 0 heterocycles. The highest BCUT2D eigenvalue weighted by atomic mass is 16.5. The van der Waals surface area contributed by atoms with Gasteiger partial charge in [0.25, 0.3) is 0 Å². The van der Waals surface area contributed by atoms with Crippen molar-refractivity contribution < 1.29 is 18.9 Å². The second kappa shape index (κ2) is 17.5. The zero-order chi connectivity index (χ0) is 44.2. The van der Waals surface area contributed by atoms with Crippen molar-refractivity contribution in [2.24, 2.45) is 0 Å². The summed E-state index contributed by atoms with van der Waals surface area (Å²) >= 11 is 0. The Labute approximate surface area is 357 Å². The molecule has 0 saturated carbocycles. The summed E-state index contributed by atoms with van der Waals surface area (Å²) in [5, 5.41) is 0. The third-order valence-electron chi connectivity index (χ3n) is 9.83. The summed E-state index contributed by atoms with van der Waals surface area (Å²) in [5.74, 6) is 6.29. The molecule has 0 spiro atoms. The van der Waals surface area contributed by atoms with Gasteiger partial charge in [0, 0.05) is 45.0 Å². The highest BCUT2D eigenvalue weighted by Crippen LogP contribution is 2.46. The molecular weight excluding hydrogens is 745 g/mol. The minimum atomic E-state index is -0.140. The number of rotatable bonds is 8. The van der Waals surface area contributed by atoms with Gasteiger partial charge in [0.05, 0.1) is 0 Å². The van der Waals surface area contributed by atoms with Crippen LogP contribution in [0.2, 0.25) is 0 Å². The Morgan fingerprint density at radius 3 is 0.550 bits per heavy atom. The Bertz CT molecular complexity index is 2020. The fourth-order valence-corrected chi connectivity index (χ4v) is 6.45. The molecule has 6 aromatic carbocycles. The van der Waals surface area contributed by atoms with E-state index < -0.39 is 0 Å². The molecule has 0 amide bonds. The predicted molar refractivity (Wildman–Crippen MR) is 251 cm³/mol. The van der Waals surface area contributed by atoms with Crippen LogP contribution in [-0.4, -0.2) is 0 Å². The van der Waals surface area contributed by atoms with Gasteiger partial charge in [-0.15, -0.1) is 0 Å². The summed E-state index contributed by atoms with van der Waals surface area (Å²) in [4.78, 5) is 0. The van der Waals surface area contributed by atoms with Crippen LogP contribution in [0.15, 0.2) is 121 Å². The average Bonchev–Trinajstić information content (AvgIpc) is 3.14. The van der Waals surface area contributed by atoms with Crippen LogP contribution in [0.5, 0.6) is 46.0 Å². The van der Waals surface area contributed by atoms with Crippen LogP contribution in [-0.2, 0) is 21.7 Å². The summed E-state index contributed by atoms with van der Waals surface area (Å²) in [6.07, 6.45) is 0. The van der Waals surface area contributed by atoms with Crippen LogP contribution < -0.4 is 41.9 Å². The van der Waals surface area contributed by atoms with E-state index in [-0.39, 0.29) is 21.7 Å².